The molecule has 5 rings (SSSR count). The molecule has 0 radical (unpaired) electrons. The Balaban J connectivity index is 1.39. The maximum atomic E-state index is 13.0. The predicted molar refractivity (Wildman–Crippen MR) is 118 cm³/mol. The summed E-state index contributed by atoms with van der Waals surface area (Å²) in [4.78, 5) is 15.3. The molecule has 1 fully saturated rings. The first-order valence-corrected chi connectivity index (χ1v) is 10.6. The van der Waals surface area contributed by atoms with Crippen molar-refractivity contribution in [2.45, 2.75) is 12.8 Å². The number of hydrogen-bond donors (Lipinski definition) is 0. The highest BCUT2D eigenvalue weighted by Crippen LogP contribution is 2.34. The van der Waals surface area contributed by atoms with Gasteiger partial charge in [-0.15, -0.1) is 0 Å². The van der Waals surface area contributed by atoms with E-state index in [0.717, 1.165) is 73.9 Å². The van der Waals surface area contributed by atoms with Gasteiger partial charge in [0.25, 0.3) is 0 Å². The number of ether oxygens (including phenoxy) is 2. The fourth-order valence-electron chi connectivity index (χ4n) is 4.17. The van der Waals surface area contributed by atoms with Crippen molar-refractivity contribution >= 4 is 22.6 Å². The smallest absolute Gasteiger partial charge is 0.196 e. The van der Waals surface area contributed by atoms with Gasteiger partial charge >= 0.3 is 0 Å². The van der Waals surface area contributed by atoms with Crippen molar-refractivity contribution in [3.8, 4) is 5.75 Å². The molecule has 2 aromatic carbocycles. The minimum absolute atomic E-state index is 0.0718. The predicted octanol–water partition coefficient (Wildman–Crippen LogP) is 3.99. The lowest BCUT2D eigenvalue weighted by molar-refractivity contribution is 0.0322. The number of fused-ring (bicyclic) bond motifs is 2. The van der Waals surface area contributed by atoms with Gasteiger partial charge in [-0.2, -0.15) is 0 Å². The lowest BCUT2D eigenvalue weighted by Gasteiger charge is -2.26. The number of hydrogen-bond acceptors (Lipinski definition) is 5. The lowest BCUT2D eigenvalue weighted by atomic mass is 10.1. The van der Waals surface area contributed by atoms with Gasteiger partial charge < -0.3 is 13.9 Å². The van der Waals surface area contributed by atoms with Gasteiger partial charge in [0.1, 0.15) is 23.7 Å². The van der Waals surface area contributed by atoms with Crippen LogP contribution >= 0.6 is 0 Å². The van der Waals surface area contributed by atoms with Crippen molar-refractivity contribution in [3.63, 3.8) is 0 Å². The summed E-state index contributed by atoms with van der Waals surface area (Å²) in [5.74, 6) is 1.45. The van der Waals surface area contributed by atoms with Crippen molar-refractivity contribution in [1.82, 2.24) is 4.90 Å². The van der Waals surface area contributed by atoms with Gasteiger partial charge in [0.05, 0.1) is 18.6 Å². The van der Waals surface area contributed by atoms with Gasteiger partial charge in [0.15, 0.2) is 5.43 Å². The van der Waals surface area contributed by atoms with Crippen LogP contribution in [-0.4, -0.2) is 44.4 Å². The third-order valence-corrected chi connectivity index (χ3v) is 5.81. The fraction of sp³-hybridized carbons (Fsp3) is 0.320. The molecule has 3 aromatic rings. The first kappa shape index (κ1) is 19.1. The van der Waals surface area contributed by atoms with Gasteiger partial charge in [0, 0.05) is 31.3 Å². The zero-order valence-electron chi connectivity index (χ0n) is 16.9. The summed E-state index contributed by atoms with van der Waals surface area (Å²) < 4.78 is 17.5. The summed E-state index contributed by atoms with van der Waals surface area (Å²) >= 11 is 0. The van der Waals surface area contributed by atoms with Crippen LogP contribution in [0.2, 0.25) is 0 Å². The monoisotopic (exact) mass is 403 g/mol. The van der Waals surface area contributed by atoms with Crippen molar-refractivity contribution in [1.29, 1.82) is 0 Å². The maximum absolute atomic E-state index is 13.0. The third-order valence-electron chi connectivity index (χ3n) is 5.81. The standard InChI is InChI=1S/C25H25NO4/c27-24-21-9-7-20(29-15-12-26-10-13-28-14-11-26)17-23(21)30-25-19(6-8-22(24)25)16-18-4-2-1-3-5-18/h1-5,7,9,16-17H,6,8,10-15H2/b19-16+. The molecule has 0 N–H and O–H groups in total. The van der Waals surface area contributed by atoms with Gasteiger partial charge in [-0.05, 0) is 42.2 Å². The Morgan fingerprint density at radius 3 is 2.70 bits per heavy atom. The Bertz CT molecular complexity index is 1130. The minimum Gasteiger partial charge on any atom is -0.492 e. The van der Waals surface area contributed by atoms with Crippen LogP contribution in [0.1, 0.15) is 23.3 Å². The molecule has 0 unspecified atom stereocenters. The minimum atomic E-state index is 0.0718. The van der Waals surface area contributed by atoms with Crippen LogP contribution in [0.25, 0.3) is 22.6 Å². The molecule has 0 amide bonds. The van der Waals surface area contributed by atoms with E-state index in [1.165, 1.54) is 0 Å². The molecule has 1 saturated heterocycles. The normalized spacial score (nSPS) is 18.1. The molecule has 1 aliphatic heterocycles. The number of morpholine rings is 1. The highest BCUT2D eigenvalue weighted by atomic mass is 16.5. The molecule has 1 aliphatic carbocycles. The van der Waals surface area contributed by atoms with E-state index in [9.17, 15) is 4.79 Å². The molecule has 0 bridgehead atoms. The zero-order chi connectivity index (χ0) is 20.3. The maximum Gasteiger partial charge on any atom is 0.196 e. The second-order valence-electron chi connectivity index (χ2n) is 7.78. The van der Waals surface area contributed by atoms with Crippen molar-refractivity contribution < 1.29 is 13.9 Å². The van der Waals surface area contributed by atoms with Crippen molar-refractivity contribution in [3.05, 3.63) is 75.6 Å². The Labute approximate surface area is 175 Å². The highest BCUT2D eigenvalue weighted by molar-refractivity contribution is 5.87. The van der Waals surface area contributed by atoms with Gasteiger partial charge in [-0.25, -0.2) is 0 Å². The second-order valence-corrected chi connectivity index (χ2v) is 7.78. The summed E-state index contributed by atoms with van der Waals surface area (Å²) in [5, 5.41) is 0.621. The lowest BCUT2D eigenvalue weighted by Crippen LogP contribution is -2.38. The fourth-order valence-corrected chi connectivity index (χ4v) is 4.17. The van der Waals surface area contributed by atoms with E-state index >= 15 is 0 Å². The average Bonchev–Trinajstić information content (AvgIpc) is 3.18. The summed E-state index contributed by atoms with van der Waals surface area (Å²) in [6, 6.07) is 15.7. The SMILES string of the molecule is O=c1c2c(oc3cc(OCCN4CCOCC4)ccc13)/C(=C/c1ccccc1)CC2. The van der Waals surface area contributed by atoms with Crippen LogP contribution in [0.15, 0.2) is 57.7 Å². The quantitative estimate of drug-likeness (QED) is 0.645. The van der Waals surface area contributed by atoms with Crippen LogP contribution in [0.5, 0.6) is 5.75 Å². The summed E-state index contributed by atoms with van der Waals surface area (Å²) in [6.07, 6.45) is 3.66. The number of nitrogens with zero attached hydrogens (tertiary/aromatic N) is 1. The molecule has 0 saturated carbocycles. The van der Waals surface area contributed by atoms with Gasteiger partial charge in [-0.1, -0.05) is 30.3 Å². The van der Waals surface area contributed by atoms with Crippen LogP contribution in [0.3, 0.4) is 0 Å². The molecule has 0 spiro atoms. The molecule has 2 aliphatic rings. The van der Waals surface area contributed by atoms with Crippen molar-refractivity contribution in [2.75, 3.05) is 39.5 Å². The summed E-state index contributed by atoms with van der Waals surface area (Å²) in [6.45, 7) is 4.91. The van der Waals surface area contributed by atoms with E-state index in [4.69, 9.17) is 13.9 Å². The Morgan fingerprint density at radius 2 is 1.87 bits per heavy atom. The van der Waals surface area contributed by atoms with E-state index in [1.54, 1.807) is 0 Å². The molecule has 5 nitrogen and oxygen atoms in total. The Morgan fingerprint density at radius 1 is 1.03 bits per heavy atom. The van der Waals surface area contributed by atoms with Crippen LogP contribution in [0, 0.1) is 0 Å². The van der Waals surface area contributed by atoms with E-state index in [0.29, 0.717) is 17.6 Å². The van der Waals surface area contributed by atoms with Crippen LogP contribution in [0.4, 0.5) is 0 Å². The van der Waals surface area contributed by atoms with E-state index < -0.39 is 0 Å². The van der Waals surface area contributed by atoms with E-state index in [1.807, 2.05) is 36.4 Å². The summed E-state index contributed by atoms with van der Waals surface area (Å²) in [7, 11) is 0. The Kier molecular flexibility index (Phi) is 5.39. The Hall–Kier alpha value is -2.89. The molecule has 154 valence electrons. The number of allylic oxidation sites excluding steroid dienone is 1. The molecule has 1 aromatic heterocycles. The zero-order valence-corrected chi connectivity index (χ0v) is 16.9. The molecule has 0 atom stereocenters. The second kappa shape index (κ2) is 8.46. The van der Waals surface area contributed by atoms with E-state index in [2.05, 4.69) is 23.1 Å². The number of benzene rings is 2. The molecular weight excluding hydrogens is 378 g/mol. The molecule has 30 heavy (non-hydrogen) atoms. The topological polar surface area (TPSA) is 51.9 Å². The highest BCUT2D eigenvalue weighted by Gasteiger charge is 2.24. The average molecular weight is 403 g/mol. The van der Waals surface area contributed by atoms with Crippen LogP contribution in [-0.2, 0) is 11.2 Å². The largest absolute Gasteiger partial charge is 0.492 e. The van der Waals surface area contributed by atoms with Gasteiger partial charge in [0.2, 0.25) is 0 Å². The van der Waals surface area contributed by atoms with E-state index in [-0.39, 0.29) is 5.43 Å². The van der Waals surface area contributed by atoms with Gasteiger partial charge in [-0.3, -0.25) is 9.69 Å². The first-order valence-electron chi connectivity index (χ1n) is 10.6. The summed E-state index contributed by atoms with van der Waals surface area (Å²) in [5.41, 5.74) is 3.63. The third kappa shape index (κ3) is 3.91. The molecule has 2 heterocycles. The van der Waals surface area contributed by atoms with Crippen molar-refractivity contribution in [2.24, 2.45) is 0 Å². The van der Waals surface area contributed by atoms with Crippen LogP contribution < -0.4 is 10.2 Å². The molecule has 5 heteroatoms. The first-order chi connectivity index (χ1) is 14.8. The number of rotatable bonds is 5. The molecular formula is C25H25NO4.